The number of rotatable bonds is 6. The molecule has 3 atom stereocenters. The van der Waals surface area contributed by atoms with E-state index in [-0.39, 0.29) is 48.6 Å². The van der Waals surface area contributed by atoms with Crippen molar-refractivity contribution in [3.63, 3.8) is 0 Å². The molecule has 0 N–H and O–H groups in total. The Labute approximate surface area is 170 Å². The minimum absolute atomic E-state index is 0.0939. The van der Waals surface area contributed by atoms with Crippen LogP contribution in [0, 0.1) is 11.8 Å². The number of nitrogens with zero attached hydrogens (tertiary/aromatic N) is 2. The quantitative estimate of drug-likeness (QED) is 0.541. The van der Waals surface area contributed by atoms with Crippen LogP contribution in [0.5, 0.6) is 11.5 Å². The Morgan fingerprint density at radius 2 is 1.76 bits per heavy atom. The SMILES string of the molecule is CCN(C[C@@H]1COc2ccccc2O1)C(=O)CCN1C(=O)[C@@H]2CC=CC[C@H]2C1=O. The van der Waals surface area contributed by atoms with Crippen LogP contribution >= 0.6 is 0 Å². The van der Waals surface area contributed by atoms with Crippen molar-refractivity contribution in [2.75, 3.05) is 26.2 Å². The van der Waals surface area contributed by atoms with E-state index < -0.39 is 0 Å². The van der Waals surface area contributed by atoms with Crippen LogP contribution in [0.3, 0.4) is 0 Å². The molecule has 2 heterocycles. The first-order chi connectivity index (χ1) is 14.1. The summed E-state index contributed by atoms with van der Waals surface area (Å²) < 4.78 is 11.7. The number of benzene rings is 1. The van der Waals surface area contributed by atoms with Crippen LogP contribution in [-0.2, 0) is 14.4 Å². The number of ether oxygens (including phenoxy) is 2. The summed E-state index contributed by atoms with van der Waals surface area (Å²) in [5.74, 6) is 0.512. The second-order valence-electron chi connectivity index (χ2n) is 7.66. The Balaban J connectivity index is 1.32. The average Bonchev–Trinajstić information content (AvgIpc) is 3.00. The molecule has 1 saturated heterocycles. The van der Waals surface area contributed by atoms with Gasteiger partial charge in [0.1, 0.15) is 6.61 Å². The zero-order valence-electron chi connectivity index (χ0n) is 16.6. The Morgan fingerprint density at radius 3 is 2.41 bits per heavy atom. The lowest BCUT2D eigenvalue weighted by atomic mass is 9.85. The van der Waals surface area contributed by atoms with E-state index in [4.69, 9.17) is 9.47 Å². The van der Waals surface area contributed by atoms with Gasteiger partial charge in [-0.25, -0.2) is 0 Å². The smallest absolute Gasteiger partial charge is 0.233 e. The number of carbonyl (C=O) groups is 3. The number of imide groups is 1. The van der Waals surface area contributed by atoms with Gasteiger partial charge in [-0.3, -0.25) is 19.3 Å². The van der Waals surface area contributed by atoms with Crippen LogP contribution in [0.1, 0.15) is 26.2 Å². The van der Waals surface area contributed by atoms with E-state index >= 15 is 0 Å². The highest BCUT2D eigenvalue weighted by Crippen LogP contribution is 2.35. The van der Waals surface area contributed by atoms with Gasteiger partial charge in [0, 0.05) is 19.5 Å². The van der Waals surface area contributed by atoms with E-state index in [1.165, 1.54) is 4.90 Å². The van der Waals surface area contributed by atoms with Crippen molar-refractivity contribution in [2.45, 2.75) is 32.3 Å². The predicted octanol–water partition coefficient (Wildman–Crippen LogP) is 2.02. The molecule has 0 saturated carbocycles. The Hall–Kier alpha value is -2.83. The van der Waals surface area contributed by atoms with Crippen LogP contribution in [0.15, 0.2) is 36.4 Å². The molecule has 3 amide bonds. The van der Waals surface area contributed by atoms with E-state index in [0.717, 1.165) is 0 Å². The minimum atomic E-state index is -0.252. The van der Waals surface area contributed by atoms with Crippen LogP contribution in [0.4, 0.5) is 0 Å². The van der Waals surface area contributed by atoms with Gasteiger partial charge in [0.15, 0.2) is 17.6 Å². The lowest BCUT2D eigenvalue weighted by Crippen LogP contribution is -2.44. The number of likely N-dealkylation sites (tertiary alicyclic amines) is 1. The Kier molecular flexibility index (Phi) is 5.56. The number of amides is 3. The summed E-state index contributed by atoms with van der Waals surface area (Å²) in [6.45, 7) is 3.35. The maximum Gasteiger partial charge on any atom is 0.233 e. The van der Waals surface area contributed by atoms with Crippen molar-refractivity contribution < 1.29 is 23.9 Å². The lowest BCUT2D eigenvalue weighted by molar-refractivity contribution is -0.141. The highest BCUT2D eigenvalue weighted by molar-refractivity contribution is 6.05. The fraction of sp³-hybridized carbons (Fsp3) is 0.500. The van der Waals surface area contributed by atoms with E-state index in [0.29, 0.717) is 44.0 Å². The normalized spacial score (nSPS) is 25.1. The minimum Gasteiger partial charge on any atom is -0.486 e. The molecule has 7 heteroatoms. The van der Waals surface area contributed by atoms with Crippen molar-refractivity contribution in [1.82, 2.24) is 9.80 Å². The molecule has 0 radical (unpaired) electrons. The van der Waals surface area contributed by atoms with Gasteiger partial charge in [-0.1, -0.05) is 24.3 Å². The fourth-order valence-electron chi connectivity index (χ4n) is 4.26. The molecular weight excluding hydrogens is 372 g/mol. The highest BCUT2D eigenvalue weighted by Gasteiger charge is 2.47. The highest BCUT2D eigenvalue weighted by atomic mass is 16.6. The molecule has 1 aromatic carbocycles. The monoisotopic (exact) mass is 398 g/mol. The van der Waals surface area contributed by atoms with Crippen LogP contribution in [-0.4, -0.2) is 59.9 Å². The molecule has 7 nitrogen and oxygen atoms in total. The number of hydrogen-bond donors (Lipinski definition) is 0. The second kappa shape index (κ2) is 8.27. The van der Waals surface area contributed by atoms with Crippen LogP contribution in [0.25, 0.3) is 0 Å². The van der Waals surface area contributed by atoms with Gasteiger partial charge in [0.2, 0.25) is 17.7 Å². The van der Waals surface area contributed by atoms with Gasteiger partial charge in [0.25, 0.3) is 0 Å². The summed E-state index contributed by atoms with van der Waals surface area (Å²) in [6.07, 6.45) is 5.03. The molecule has 1 aromatic rings. The van der Waals surface area contributed by atoms with E-state index in [1.54, 1.807) is 4.90 Å². The largest absolute Gasteiger partial charge is 0.486 e. The van der Waals surface area contributed by atoms with Crippen LogP contribution in [0.2, 0.25) is 0 Å². The van der Waals surface area contributed by atoms with Crippen molar-refractivity contribution in [1.29, 1.82) is 0 Å². The molecule has 0 spiro atoms. The summed E-state index contributed by atoms with van der Waals surface area (Å²) in [4.78, 5) is 40.8. The van der Waals surface area contributed by atoms with E-state index in [2.05, 4.69) is 0 Å². The Morgan fingerprint density at radius 1 is 1.10 bits per heavy atom. The molecule has 29 heavy (non-hydrogen) atoms. The van der Waals surface area contributed by atoms with Gasteiger partial charge in [-0.15, -0.1) is 0 Å². The first kappa shape index (κ1) is 19.5. The van der Waals surface area contributed by atoms with Crippen molar-refractivity contribution in [2.24, 2.45) is 11.8 Å². The molecular formula is C22H26N2O5. The molecule has 0 unspecified atom stereocenters. The topological polar surface area (TPSA) is 76.2 Å². The number of carbonyl (C=O) groups excluding carboxylic acids is 3. The molecule has 154 valence electrons. The van der Waals surface area contributed by atoms with Gasteiger partial charge < -0.3 is 14.4 Å². The number of fused-ring (bicyclic) bond motifs is 2. The van der Waals surface area contributed by atoms with Gasteiger partial charge in [0.05, 0.1) is 18.4 Å². The summed E-state index contributed by atoms with van der Waals surface area (Å²) in [5, 5.41) is 0. The van der Waals surface area contributed by atoms with Gasteiger partial charge in [-0.05, 0) is 31.9 Å². The lowest BCUT2D eigenvalue weighted by Gasteiger charge is -2.31. The van der Waals surface area contributed by atoms with Gasteiger partial charge in [-0.2, -0.15) is 0 Å². The first-order valence-electron chi connectivity index (χ1n) is 10.2. The number of para-hydroxylation sites is 2. The summed E-state index contributed by atoms with van der Waals surface area (Å²) in [5.41, 5.74) is 0. The second-order valence-corrected chi connectivity index (χ2v) is 7.66. The third kappa shape index (κ3) is 3.86. The average molecular weight is 398 g/mol. The van der Waals surface area contributed by atoms with Crippen molar-refractivity contribution in [3.8, 4) is 11.5 Å². The van der Waals surface area contributed by atoms with Gasteiger partial charge >= 0.3 is 0 Å². The van der Waals surface area contributed by atoms with Crippen molar-refractivity contribution >= 4 is 17.7 Å². The predicted molar refractivity (Wildman–Crippen MR) is 105 cm³/mol. The molecule has 0 bridgehead atoms. The maximum absolute atomic E-state index is 12.7. The number of allylic oxidation sites excluding steroid dienone is 2. The molecule has 4 rings (SSSR count). The van der Waals surface area contributed by atoms with Crippen molar-refractivity contribution in [3.05, 3.63) is 36.4 Å². The third-order valence-corrected chi connectivity index (χ3v) is 5.87. The summed E-state index contributed by atoms with van der Waals surface area (Å²) in [7, 11) is 0. The molecule has 1 fully saturated rings. The maximum atomic E-state index is 12.7. The van der Waals surface area contributed by atoms with E-state index in [1.807, 2.05) is 43.3 Å². The molecule has 0 aromatic heterocycles. The molecule has 2 aliphatic heterocycles. The number of likely N-dealkylation sites (N-methyl/N-ethyl adjacent to an activating group) is 1. The van der Waals surface area contributed by atoms with Crippen LogP contribution < -0.4 is 9.47 Å². The Bertz CT molecular complexity index is 810. The summed E-state index contributed by atoms with van der Waals surface area (Å²) in [6, 6.07) is 7.46. The first-order valence-corrected chi connectivity index (χ1v) is 10.2. The fourth-order valence-corrected chi connectivity index (χ4v) is 4.26. The van der Waals surface area contributed by atoms with E-state index in [9.17, 15) is 14.4 Å². The zero-order chi connectivity index (χ0) is 20.4. The zero-order valence-corrected chi connectivity index (χ0v) is 16.6. The summed E-state index contributed by atoms with van der Waals surface area (Å²) >= 11 is 0. The third-order valence-electron chi connectivity index (χ3n) is 5.87. The standard InChI is InChI=1S/C22H26N2O5/c1-2-23(13-15-14-28-18-9-5-6-10-19(18)29-15)20(25)11-12-24-21(26)16-7-3-4-8-17(16)22(24)27/h3-6,9-10,15-17H,2,7-8,11-14H2,1H3/t15-,16-,17-/m1/s1. The molecule has 1 aliphatic carbocycles. The molecule has 3 aliphatic rings. The number of hydrogen-bond acceptors (Lipinski definition) is 5.